The molecule has 5 nitrogen and oxygen atoms in total. The number of amides is 2. The Morgan fingerprint density at radius 3 is 2.58 bits per heavy atom. The molecule has 1 aromatic carbocycles. The Labute approximate surface area is 150 Å². The Hall–Kier alpha value is -1.82. The maximum Gasteiger partial charge on any atom is 0.338 e. The van der Waals surface area contributed by atoms with Gasteiger partial charge in [0.2, 0.25) is 0 Å². The molecule has 2 amide bonds. The molecule has 3 atom stereocenters. The highest BCUT2D eigenvalue weighted by Gasteiger charge is 2.35. The van der Waals surface area contributed by atoms with E-state index in [2.05, 4.69) is 33.5 Å². The van der Waals surface area contributed by atoms with Crippen LogP contribution in [0.1, 0.15) is 44.7 Å². The number of allylic oxidation sites excluding steroid dienone is 1. The van der Waals surface area contributed by atoms with Crippen LogP contribution in [0.5, 0.6) is 0 Å². The standard InChI is InChI=1S/C18H21BrN2O3/c1-10-4-3-5-14(10)24-17(22)15-11(2)20-18(23)21-16(15)12-6-8-13(19)9-7-12/h6-10,14,16H,3-5H2,1-2H3,(H2,20,21,23)/t10-,14-,16+/m0/s1. The summed E-state index contributed by atoms with van der Waals surface area (Å²) in [7, 11) is 0. The second-order valence-corrected chi connectivity index (χ2v) is 7.39. The van der Waals surface area contributed by atoms with E-state index < -0.39 is 6.04 Å². The number of urea groups is 1. The van der Waals surface area contributed by atoms with Gasteiger partial charge in [-0.25, -0.2) is 9.59 Å². The van der Waals surface area contributed by atoms with Gasteiger partial charge in [0.15, 0.2) is 0 Å². The minimum Gasteiger partial charge on any atom is -0.459 e. The van der Waals surface area contributed by atoms with Crippen molar-refractivity contribution in [1.29, 1.82) is 0 Å². The predicted octanol–water partition coefficient (Wildman–Crippen LogP) is 3.81. The van der Waals surface area contributed by atoms with Crippen LogP contribution >= 0.6 is 15.9 Å². The lowest BCUT2D eigenvalue weighted by atomic mass is 9.95. The topological polar surface area (TPSA) is 67.4 Å². The third kappa shape index (κ3) is 3.48. The zero-order valence-electron chi connectivity index (χ0n) is 13.8. The molecule has 0 radical (unpaired) electrons. The fraction of sp³-hybridized carbons (Fsp3) is 0.444. The third-order valence-electron chi connectivity index (χ3n) is 4.73. The number of carbonyl (C=O) groups is 2. The summed E-state index contributed by atoms with van der Waals surface area (Å²) < 4.78 is 6.69. The normalized spacial score (nSPS) is 26.8. The first-order valence-corrected chi connectivity index (χ1v) is 8.99. The summed E-state index contributed by atoms with van der Waals surface area (Å²) in [5.41, 5.74) is 1.86. The van der Waals surface area contributed by atoms with E-state index in [9.17, 15) is 9.59 Å². The van der Waals surface area contributed by atoms with Crippen LogP contribution in [0, 0.1) is 5.92 Å². The van der Waals surface area contributed by atoms with Crippen molar-refractivity contribution in [3.05, 3.63) is 45.6 Å². The molecule has 0 spiro atoms. The summed E-state index contributed by atoms with van der Waals surface area (Å²) in [6.07, 6.45) is 3.03. The van der Waals surface area contributed by atoms with Gasteiger partial charge < -0.3 is 15.4 Å². The summed E-state index contributed by atoms with van der Waals surface area (Å²) in [5, 5.41) is 5.50. The molecule has 2 N–H and O–H groups in total. The molecule has 2 aliphatic rings. The number of ether oxygens (including phenoxy) is 1. The molecule has 1 heterocycles. The predicted molar refractivity (Wildman–Crippen MR) is 94.1 cm³/mol. The number of rotatable bonds is 3. The molecule has 1 aliphatic heterocycles. The number of hydrogen-bond donors (Lipinski definition) is 2. The van der Waals surface area contributed by atoms with E-state index in [4.69, 9.17) is 4.74 Å². The quantitative estimate of drug-likeness (QED) is 0.768. The van der Waals surface area contributed by atoms with Crippen LogP contribution in [-0.2, 0) is 9.53 Å². The van der Waals surface area contributed by atoms with Gasteiger partial charge in [-0.05, 0) is 49.8 Å². The fourth-order valence-electron chi connectivity index (χ4n) is 3.36. The molecule has 0 unspecified atom stereocenters. The maximum absolute atomic E-state index is 12.8. The van der Waals surface area contributed by atoms with E-state index >= 15 is 0 Å². The Morgan fingerprint density at radius 2 is 1.96 bits per heavy atom. The van der Waals surface area contributed by atoms with Crippen molar-refractivity contribution in [3.8, 4) is 0 Å². The molecule has 0 saturated heterocycles. The highest BCUT2D eigenvalue weighted by molar-refractivity contribution is 9.10. The van der Waals surface area contributed by atoms with Crippen molar-refractivity contribution >= 4 is 27.9 Å². The van der Waals surface area contributed by atoms with Gasteiger partial charge in [0, 0.05) is 10.2 Å². The van der Waals surface area contributed by atoms with Gasteiger partial charge in [-0.2, -0.15) is 0 Å². The summed E-state index contributed by atoms with van der Waals surface area (Å²) in [6.45, 7) is 3.85. The molecule has 3 rings (SSSR count). The largest absolute Gasteiger partial charge is 0.459 e. The minimum absolute atomic E-state index is 0.0407. The lowest BCUT2D eigenvalue weighted by molar-refractivity contribution is -0.146. The number of nitrogens with one attached hydrogen (secondary N) is 2. The van der Waals surface area contributed by atoms with E-state index in [1.807, 2.05) is 24.3 Å². The number of hydrogen-bond acceptors (Lipinski definition) is 3. The first-order valence-electron chi connectivity index (χ1n) is 8.20. The van der Waals surface area contributed by atoms with Crippen molar-refractivity contribution in [2.45, 2.75) is 45.3 Å². The first kappa shape index (κ1) is 17.0. The zero-order chi connectivity index (χ0) is 17.3. The van der Waals surface area contributed by atoms with Crippen LogP contribution in [-0.4, -0.2) is 18.1 Å². The minimum atomic E-state index is -0.504. The molecule has 24 heavy (non-hydrogen) atoms. The molecule has 1 aromatic rings. The number of benzene rings is 1. The fourth-order valence-corrected chi connectivity index (χ4v) is 3.62. The molecule has 6 heteroatoms. The van der Waals surface area contributed by atoms with Crippen LogP contribution in [0.3, 0.4) is 0 Å². The van der Waals surface area contributed by atoms with Gasteiger partial charge >= 0.3 is 12.0 Å². The second kappa shape index (κ2) is 6.97. The van der Waals surface area contributed by atoms with Crippen molar-refractivity contribution in [2.75, 3.05) is 0 Å². The number of halogens is 1. The Morgan fingerprint density at radius 1 is 1.25 bits per heavy atom. The zero-order valence-corrected chi connectivity index (χ0v) is 15.4. The number of carbonyl (C=O) groups excluding carboxylic acids is 2. The smallest absolute Gasteiger partial charge is 0.338 e. The van der Waals surface area contributed by atoms with Gasteiger partial charge in [-0.1, -0.05) is 35.0 Å². The second-order valence-electron chi connectivity index (χ2n) is 6.47. The van der Waals surface area contributed by atoms with E-state index in [-0.39, 0.29) is 18.1 Å². The average molecular weight is 393 g/mol. The molecular formula is C18H21BrN2O3. The summed E-state index contributed by atoms with van der Waals surface area (Å²) in [5.74, 6) is 0.0267. The SMILES string of the molecule is CC1=C(C(=O)O[C@H]2CCC[C@@H]2C)[C@@H](c2ccc(Br)cc2)NC(=O)N1. The van der Waals surface area contributed by atoms with Crippen LogP contribution in [0.2, 0.25) is 0 Å². The van der Waals surface area contributed by atoms with E-state index in [1.54, 1.807) is 6.92 Å². The summed E-state index contributed by atoms with van der Waals surface area (Å²) >= 11 is 3.40. The Kier molecular flexibility index (Phi) is 4.94. The van der Waals surface area contributed by atoms with Crippen molar-refractivity contribution in [2.24, 2.45) is 5.92 Å². The molecule has 1 fully saturated rings. The van der Waals surface area contributed by atoms with E-state index in [1.165, 1.54) is 0 Å². The van der Waals surface area contributed by atoms with Crippen molar-refractivity contribution in [1.82, 2.24) is 10.6 Å². The van der Waals surface area contributed by atoms with Gasteiger partial charge in [0.05, 0.1) is 11.6 Å². The lowest BCUT2D eigenvalue weighted by Gasteiger charge is -2.29. The molecule has 0 bridgehead atoms. The molecule has 1 aliphatic carbocycles. The molecular weight excluding hydrogens is 372 g/mol. The Bertz CT molecular complexity index is 684. The van der Waals surface area contributed by atoms with E-state index in [0.717, 1.165) is 29.3 Å². The maximum atomic E-state index is 12.8. The molecule has 1 saturated carbocycles. The van der Waals surface area contributed by atoms with Gasteiger partial charge in [0.1, 0.15) is 6.10 Å². The van der Waals surface area contributed by atoms with Gasteiger partial charge in [-0.15, -0.1) is 0 Å². The molecule has 128 valence electrons. The number of esters is 1. The molecule has 0 aromatic heterocycles. The van der Waals surface area contributed by atoms with Gasteiger partial charge in [-0.3, -0.25) is 0 Å². The highest BCUT2D eigenvalue weighted by Crippen LogP contribution is 2.32. The summed E-state index contributed by atoms with van der Waals surface area (Å²) in [4.78, 5) is 24.7. The van der Waals surface area contributed by atoms with Crippen LogP contribution in [0.4, 0.5) is 4.79 Å². The lowest BCUT2D eigenvalue weighted by Crippen LogP contribution is -2.45. The monoisotopic (exact) mass is 392 g/mol. The van der Waals surface area contributed by atoms with Gasteiger partial charge in [0.25, 0.3) is 0 Å². The Balaban J connectivity index is 1.88. The third-order valence-corrected chi connectivity index (χ3v) is 5.26. The van der Waals surface area contributed by atoms with E-state index in [0.29, 0.717) is 17.2 Å². The van der Waals surface area contributed by atoms with Crippen LogP contribution < -0.4 is 10.6 Å². The van der Waals surface area contributed by atoms with Crippen molar-refractivity contribution < 1.29 is 14.3 Å². The van der Waals surface area contributed by atoms with Crippen molar-refractivity contribution in [3.63, 3.8) is 0 Å². The van der Waals surface area contributed by atoms with Crippen LogP contribution in [0.15, 0.2) is 40.0 Å². The summed E-state index contributed by atoms with van der Waals surface area (Å²) in [6, 6.07) is 6.74. The average Bonchev–Trinajstić information content (AvgIpc) is 2.92. The highest BCUT2D eigenvalue weighted by atomic mass is 79.9. The first-order chi connectivity index (χ1) is 11.5. The van der Waals surface area contributed by atoms with Crippen LogP contribution in [0.25, 0.3) is 0 Å².